The minimum Gasteiger partial charge on any atom is -0.324 e. The molecule has 3 saturated carbocycles. The first-order valence-corrected chi connectivity index (χ1v) is 12.9. The van der Waals surface area contributed by atoms with Crippen LogP contribution in [-0.2, 0) is 18.7 Å². The Hall–Kier alpha value is -0.770. The Morgan fingerprint density at radius 3 is 2.62 bits per heavy atom. The van der Waals surface area contributed by atoms with Crippen LogP contribution in [0.15, 0.2) is 11.6 Å². The Bertz CT molecular complexity index is 803. The third-order valence-electron chi connectivity index (χ3n) is 9.16. The molecule has 0 bridgehead atoms. The van der Waals surface area contributed by atoms with E-state index in [9.17, 15) is 19.0 Å². The standard InChI is InChI=1S/C23H35O5P/c1-5-28-29(26,27)20-13-19-17-7-6-15-12-16(25)8-10-22(15,3)18(17)9-11-23(19,4)21(20)14(2)24/h12,17-21H,5-11,13H2,1-4H3,(H,26,27)/t17-,18+,19+,20+,21+,22+,23+/m1/s1. The minimum atomic E-state index is -3.84. The molecule has 4 rings (SSSR count). The van der Waals surface area contributed by atoms with E-state index in [1.807, 2.05) is 6.08 Å². The molecule has 162 valence electrons. The molecule has 0 amide bonds. The van der Waals surface area contributed by atoms with Crippen LogP contribution in [0.25, 0.3) is 0 Å². The Labute approximate surface area is 174 Å². The molecule has 0 aromatic rings. The van der Waals surface area contributed by atoms with Gasteiger partial charge in [-0.15, -0.1) is 0 Å². The Balaban J connectivity index is 1.71. The molecule has 0 aliphatic heterocycles. The van der Waals surface area contributed by atoms with E-state index in [0.29, 0.717) is 24.7 Å². The molecule has 8 atom stereocenters. The second-order valence-corrected chi connectivity index (χ2v) is 12.4. The van der Waals surface area contributed by atoms with Crippen LogP contribution < -0.4 is 0 Å². The molecule has 4 aliphatic carbocycles. The number of hydrogen-bond donors (Lipinski definition) is 1. The number of carbonyl (C=O) groups excluding carboxylic acids is 2. The van der Waals surface area contributed by atoms with Crippen molar-refractivity contribution in [3.05, 3.63) is 11.6 Å². The highest BCUT2D eigenvalue weighted by Crippen LogP contribution is 2.71. The van der Waals surface area contributed by atoms with Gasteiger partial charge in [0.2, 0.25) is 0 Å². The first kappa shape index (κ1) is 21.5. The lowest BCUT2D eigenvalue weighted by atomic mass is 9.46. The maximum atomic E-state index is 13.0. The Morgan fingerprint density at radius 2 is 1.97 bits per heavy atom. The molecule has 0 heterocycles. The molecule has 3 fully saturated rings. The third-order valence-corrected chi connectivity index (χ3v) is 11.1. The SMILES string of the molecule is CCOP(=O)(O)[C@H]1C[C@H]2[C@@H]3CCC4=CC(=O)CC[C@]4(C)[C@H]3CC[C@]2(C)[C@H]1C(C)=O. The van der Waals surface area contributed by atoms with E-state index in [1.54, 1.807) is 13.8 Å². The van der Waals surface area contributed by atoms with Crippen LogP contribution in [0.2, 0.25) is 0 Å². The number of carbonyl (C=O) groups is 2. The quantitative estimate of drug-likeness (QED) is 0.650. The van der Waals surface area contributed by atoms with Gasteiger partial charge >= 0.3 is 7.60 Å². The fourth-order valence-electron chi connectivity index (χ4n) is 7.91. The van der Waals surface area contributed by atoms with Crippen molar-refractivity contribution in [1.82, 2.24) is 0 Å². The van der Waals surface area contributed by atoms with Crippen molar-refractivity contribution >= 4 is 19.2 Å². The average molecular weight is 423 g/mol. The molecule has 4 aliphatic rings. The second kappa shape index (κ2) is 7.14. The van der Waals surface area contributed by atoms with E-state index in [4.69, 9.17) is 4.52 Å². The maximum absolute atomic E-state index is 13.0. The summed E-state index contributed by atoms with van der Waals surface area (Å²) in [7, 11) is -3.84. The fourth-order valence-corrected chi connectivity index (χ4v) is 9.89. The predicted molar refractivity (Wildman–Crippen MR) is 112 cm³/mol. The molecule has 29 heavy (non-hydrogen) atoms. The minimum absolute atomic E-state index is 0.0262. The number of hydrogen-bond acceptors (Lipinski definition) is 4. The monoisotopic (exact) mass is 422 g/mol. The molecule has 6 heteroatoms. The molecule has 0 aromatic carbocycles. The third kappa shape index (κ3) is 3.15. The van der Waals surface area contributed by atoms with Gasteiger partial charge in [0, 0.05) is 12.3 Å². The molecule has 1 unspecified atom stereocenters. The number of ketones is 2. The smallest absolute Gasteiger partial charge is 0.324 e. The lowest BCUT2D eigenvalue weighted by Gasteiger charge is -2.58. The van der Waals surface area contributed by atoms with Crippen LogP contribution in [0.5, 0.6) is 0 Å². The van der Waals surface area contributed by atoms with Crippen molar-refractivity contribution in [1.29, 1.82) is 0 Å². The van der Waals surface area contributed by atoms with Gasteiger partial charge < -0.3 is 9.42 Å². The van der Waals surface area contributed by atoms with Gasteiger partial charge in [-0.1, -0.05) is 19.4 Å². The first-order valence-electron chi connectivity index (χ1n) is 11.3. The van der Waals surface area contributed by atoms with Crippen molar-refractivity contribution in [2.45, 2.75) is 78.3 Å². The summed E-state index contributed by atoms with van der Waals surface area (Å²) in [6.07, 6.45) is 7.93. The zero-order valence-corrected chi connectivity index (χ0v) is 19.0. The van der Waals surface area contributed by atoms with Crippen molar-refractivity contribution in [3.63, 3.8) is 0 Å². The van der Waals surface area contributed by atoms with Gasteiger partial charge in [-0.2, -0.15) is 0 Å². The second-order valence-electron chi connectivity index (χ2n) is 10.4. The number of fused-ring (bicyclic) bond motifs is 5. The van der Waals surface area contributed by atoms with Gasteiger partial charge in [-0.25, -0.2) is 0 Å². The predicted octanol–water partition coefficient (Wildman–Crippen LogP) is 4.92. The van der Waals surface area contributed by atoms with Gasteiger partial charge in [-0.05, 0) is 87.0 Å². The van der Waals surface area contributed by atoms with Crippen LogP contribution in [0.1, 0.15) is 72.6 Å². The van der Waals surface area contributed by atoms with E-state index in [1.165, 1.54) is 5.57 Å². The van der Waals surface area contributed by atoms with Gasteiger partial charge in [-0.3, -0.25) is 14.2 Å². The normalized spacial score (nSPS) is 46.2. The van der Waals surface area contributed by atoms with Crippen molar-refractivity contribution < 1.29 is 23.6 Å². The summed E-state index contributed by atoms with van der Waals surface area (Å²) in [5, 5.41) is 0. The molecule has 0 radical (unpaired) electrons. The molecule has 5 nitrogen and oxygen atoms in total. The van der Waals surface area contributed by atoms with Gasteiger partial charge in [0.05, 0.1) is 12.3 Å². The lowest BCUT2D eigenvalue weighted by molar-refractivity contribution is -0.128. The summed E-state index contributed by atoms with van der Waals surface area (Å²) in [4.78, 5) is 35.4. The van der Waals surface area contributed by atoms with Crippen molar-refractivity contribution in [2.24, 2.45) is 34.5 Å². The number of Topliss-reactive ketones (excluding diaryl/α,β-unsaturated/α-hetero) is 1. The summed E-state index contributed by atoms with van der Waals surface area (Å²) in [6, 6.07) is 0. The highest BCUT2D eigenvalue weighted by molar-refractivity contribution is 7.53. The van der Waals surface area contributed by atoms with Gasteiger partial charge in [0.1, 0.15) is 5.78 Å². The van der Waals surface area contributed by atoms with Crippen LogP contribution >= 0.6 is 7.60 Å². The molecule has 1 N–H and O–H groups in total. The average Bonchev–Trinajstić information content (AvgIpc) is 2.96. The molecular weight excluding hydrogens is 387 g/mol. The number of rotatable bonds is 4. The first-order chi connectivity index (χ1) is 13.5. The summed E-state index contributed by atoms with van der Waals surface area (Å²) in [5.74, 6) is 1.07. The summed E-state index contributed by atoms with van der Waals surface area (Å²) in [5.41, 5.74) is 0.546. The fraction of sp³-hybridized carbons (Fsp3) is 0.826. The van der Waals surface area contributed by atoms with Crippen LogP contribution in [-0.4, -0.2) is 28.7 Å². The summed E-state index contributed by atoms with van der Waals surface area (Å²) >= 11 is 0. The summed E-state index contributed by atoms with van der Waals surface area (Å²) in [6.45, 7) is 8.01. The molecule has 0 saturated heterocycles. The largest absolute Gasteiger partial charge is 0.331 e. The summed E-state index contributed by atoms with van der Waals surface area (Å²) < 4.78 is 18.3. The highest BCUT2D eigenvalue weighted by atomic mass is 31.2. The topological polar surface area (TPSA) is 80.7 Å². The molecule has 0 aromatic heterocycles. The zero-order chi connectivity index (χ0) is 21.2. The Kier molecular flexibility index (Phi) is 5.28. The Morgan fingerprint density at radius 1 is 1.24 bits per heavy atom. The lowest BCUT2D eigenvalue weighted by Crippen LogP contribution is -2.51. The van der Waals surface area contributed by atoms with E-state index in [0.717, 1.165) is 32.1 Å². The van der Waals surface area contributed by atoms with Crippen molar-refractivity contribution in [3.8, 4) is 0 Å². The van der Waals surface area contributed by atoms with Crippen molar-refractivity contribution in [2.75, 3.05) is 6.61 Å². The van der Waals surface area contributed by atoms with E-state index in [-0.39, 0.29) is 34.9 Å². The van der Waals surface area contributed by atoms with Gasteiger partial charge in [0.15, 0.2) is 5.78 Å². The molecular formula is C23H35O5P. The maximum Gasteiger partial charge on any atom is 0.331 e. The van der Waals surface area contributed by atoms with E-state index in [2.05, 4.69) is 13.8 Å². The molecule has 0 spiro atoms. The van der Waals surface area contributed by atoms with E-state index >= 15 is 0 Å². The van der Waals surface area contributed by atoms with Gasteiger partial charge in [0.25, 0.3) is 0 Å². The zero-order valence-electron chi connectivity index (χ0n) is 18.1. The van der Waals surface area contributed by atoms with Crippen LogP contribution in [0.3, 0.4) is 0 Å². The van der Waals surface area contributed by atoms with Crippen LogP contribution in [0, 0.1) is 34.5 Å². The number of allylic oxidation sites excluding steroid dienone is 1. The van der Waals surface area contributed by atoms with Crippen LogP contribution in [0.4, 0.5) is 0 Å². The van der Waals surface area contributed by atoms with E-state index < -0.39 is 19.2 Å². The highest BCUT2D eigenvalue weighted by Gasteiger charge is 2.65.